The van der Waals surface area contributed by atoms with Gasteiger partial charge in [0.2, 0.25) is 0 Å². The highest BCUT2D eigenvalue weighted by Crippen LogP contribution is 2.07. The maximum atomic E-state index is 11.0. The Bertz CT molecular complexity index is 298. The number of hydrazine groups is 2. The van der Waals surface area contributed by atoms with Gasteiger partial charge in [0.1, 0.15) is 5.76 Å². The van der Waals surface area contributed by atoms with Crippen LogP contribution in [0.3, 0.4) is 0 Å². The predicted octanol–water partition coefficient (Wildman–Crippen LogP) is 0.211. The van der Waals surface area contributed by atoms with E-state index >= 15 is 0 Å². The number of allylic oxidation sites excluding steroid dienone is 1. The van der Waals surface area contributed by atoms with Crippen LogP contribution in [0.2, 0.25) is 0 Å². The van der Waals surface area contributed by atoms with E-state index < -0.39 is 5.91 Å². The highest BCUT2D eigenvalue weighted by atomic mass is 16.7. The molecular weight excluding hydrogens is 186 g/mol. The summed E-state index contributed by atoms with van der Waals surface area (Å²) < 4.78 is 0. The first-order valence-corrected chi connectivity index (χ1v) is 3.82. The molecule has 1 rings (SSSR count). The second-order valence-corrected chi connectivity index (χ2v) is 2.38. The average Bonchev–Trinajstić information content (AvgIpc) is 2.18. The molecule has 14 heavy (non-hydrogen) atoms. The van der Waals surface area contributed by atoms with Crippen LogP contribution >= 0.6 is 0 Å². The predicted molar refractivity (Wildman–Crippen MR) is 48.9 cm³/mol. The number of nitrogens with one attached hydrogen (secondary N) is 1. The molecule has 0 spiro atoms. The summed E-state index contributed by atoms with van der Waals surface area (Å²) in [6.45, 7) is 3.30. The van der Waals surface area contributed by atoms with Gasteiger partial charge in [-0.05, 0) is 6.08 Å². The normalized spacial score (nSPS) is 15.1. The van der Waals surface area contributed by atoms with E-state index in [1.807, 2.05) is 0 Å². The molecule has 2 N–H and O–H groups in total. The molecule has 0 atom stereocenters. The molecule has 1 heterocycles. The molecule has 0 saturated carbocycles. The van der Waals surface area contributed by atoms with E-state index in [0.717, 1.165) is 6.08 Å². The number of hydrogen-bond donors (Lipinski definition) is 2. The molecule has 0 fully saturated rings. The number of aliphatic hydroxyl groups is 1. The Morgan fingerprint density at radius 2 is 2.50 bits per heavy atom. The quantitative estimate of drug-likeness (QED) is 0.633. The number of rotatable bonds is 3. The van der Waals surface area contributed by atoms with Crippen LogP contribution in [0.25, 0.3) is 0 Å². The fraction of sp³-hybridized carbons (Fsp3) is 0.125. The van der Waals surface area contributed by atoms with Crippen molar-refractivity contribution in [2.24, 2.45) is 0 Å². The maximum absolute atomic E-state index is 11.0. The molecule has 1 aliphatic rings. The van der Waals surface area contributed by atoms with Gasteiger partial charge in [0.05, 0.1) is 19.5 Å². The van der Waals surface area contributed by atoms with Gasteiger partial charge in [-0.3, -0.25) is 9.63 Å². The van der Waals surface area contributed by atoms with Gasteiger partial charge in [-0.25, -0.2) is 5.43 Å². The topological polar surface area (TPSA) is 65.0 Å². The van der Waals surface area contributed by atoms with Gasteiger partial charge >= 0.3 is 0 Å². The van der Waals surface area contributed by atoms with Crippen LogP contribution in [0.15, 0.2) is 36.9 Å². The number of carbonyl (C=O) groups excluding carboxylic acids is 1. The Kier molecular flexibility index (Phi) is 3.14. The number of aliphatic hydroxyl groups excluding tert-OH is 1. The average molecular weight is 197 g/mol. The van der Waals surface area contributed by atoms with E-state index in [1.165, 1.54) is 35.9 Å². The highest BCUT2D eigenvalue weighted by molar-refractivity contribution is 5.86. The van der Waals surface area contributed by atoms with Crippen molar-refractivity contribution in [2.75, 3.05) is 7.11 Å². The Morgan fingerprint density at radius 1 is 1.79 bits per heavy atom. The Balaban J connectivity index is 2.69. The first kappa shape index (κ1) is 10.1. The molecule has 76 valence electrons. The summed E-state index contributed by atoms with van der Waals surface area (Å²) in [7, 11) is 1.42. The third-order valence-electron chi connectivity index (χ3n) is 1.44. The van der Waals surface area contributed by atoms with Crippen molar-refractivity contribution in [3.63, 3.8) is 0 Å². The molecule has 6 nitrogen and oxygen atoms in total. The number of hydrogen-bond acceptors (Lipinski definition) is 5. The third kappa shape index (κ3) is 2.27. The zero-order chi connectivity index (χ0) is 10.6. The van der Waals surface area contributed by atoms with Gasteiger partial charge < -0.3 is 5.11 Å². The van der Waals surface area contributed by atoms with Crippen LogP contribution in [0.1, 0.15) is 0 Å². The van der Waals surface area contributed by atoms with Crippen molar-refractivity contribution in [3.8, 4) is 0 Å². The van der Waals surface area contributed by atoms with Gasteiger partial charge in [0, 0.05) is 6.08 Å². The minimum absolute atomic E-state index is 0.00247. The van der Waals surface area contributed by atoms with Crippen LogP contribution in [0, 0.1) is 0 Å². The molecule has 0 aromatic carbocycles. The van der Waals surface area contributed by atoms with E-state index in [2.05, 4.69) is 12.0 Å². The summed E-state index contributed by atoms with van der Waals surface area (Å²) in [4.78, 5) is 15.8. The van der Waals surface area contributed by atoms with Gasteiger partial charge in [-0.15, -0.1) is 5.17 Å². The second-order valence-electron chi connectivity index (χ2n) is 2.38. The molecule has 0 radical (unpaired) electrons. The molecule has 1 aliphatic heterocycles. The fourth-order valence-electron chi connectivity index (χ4n) is 0.826. The summed E-state index contributed by atoms with van der Waals surface area (Å²) >= 11 is 0. The maximum Gasteiger partial charge on any atom is 0.263 e. The van der Waals surface area contributed by atoms with E-state index in [0.29, 0.717) is 0 Å². The lowest BCUT2D eigenvalue weighted by atomic mass is 10.5. The largest absolute Gasteiger partial charge is 0.506 e. The lowest BCUT2D eigenvalue weighted by Crippen LogP contribution is -2.47. The minimum Gasteiger partial charge on any atom is -0.506 e. The number of hydroxylamine groups is 1. The standard InChI is InChI=1S/C8H11N3O3/c1-3-8(13)9-10-6-7(12)4-5-11(10)14-2/h3-6,12H,1H2,2H3,(H,9,13). The zero-order valence-electron chi connectivity index (χ0n) is 7.67. The zero-order valence-corrected chi connectivity index (χ0v) is 7.67. The third-order valence-corrected chi connectivity index (χ3v) is 1.44. The van der Waals surface area contributed by atoms with Crippen molar-refractivity contribution in [3.05, 3.63) is 36.9 Å². The van der Waals surface area contributed by atoms with E-state index in [4.69, 9.17) is 9.94 Å². The molecule has 0 unspecified atom stereocenters. The molecule has 0 aromatic heterocycles. The van der Waals surface area contributed by atoms with Crippen LogP contribution in [-0.2, 0) is 9.63 Å². The molecule has 1 amide bonds. The Hall–Kier alpha value is -1.95. The Morgan fingerprint density at radius 3 is 3.07 bits per heavy atom. The summed E-state index contributed by atoms with van der Waals surface area (Å²) in [5, 5.41) is 11.6. The first-order valence-electron chi connectivity index (χ1n) is 3.82. The Labute approximate surface area is 81.3 Å². The van der Waals surface area contributed by atoms with Gasteiger partial charge in [0.25, 0.3) is 5.91 Å². The van der Waals surface area contributed by atoms with Gasteiger partial charge in [0.15, 0.2) is 0 Å². The summed E-state index contributed by atoms with van der Waals surface area (Å²) in [5.74, 6) is -0.408. The van der Waals surface area contributed by atoms with Crippen molar-refractivity contribution in [2.45, 2.75) is 0 Å². The SMILES string of the molecule is C=CC(=O)NN1C=C(O)C=CN1OC. The van der Waals surface area contributed by atoms with Crippen molar-refractivity contribution >= 4 is 5.91 Å². The fourth-order valence-corrected chi connectivity index (χ4v) is 0.826. The smallest absolute Gasteiger partial charge is 0.263 e. The first-order chi connectivity index (χ1) is 6.67. The second kappa shape index (κ2) is 4.33. The van der Waals surface area contributed by atoms with E-state index in [1.54, 1.807) is 0 Å². The monoisotopic (exact) mass is 197 g/mol. The molecular formula is C8H11N3O3. The van der Waals surface area contributed by atoms with Gasteiger partial charge in [-0.2, -0.15) is 5.12 Å². The summed E-state index contributed by atoms with van der Waals surface area (Å²) in [6, 6.07) is 0. The van der Waals surface area contributed by atoms with Crippen molar-refractivity contribution in [1.82, 2.24) is 15.7 Å². The number of nitrogens with zero attached hydrogens (tertiary/aromatic N) is 2. The lowest BCUT2D eigenvalue weighted by Gasteiger charge is -2.31. The van der Waals surface area contributed by atoms with E-state index in [-0.39, 0.29) is 5.76 Å². The van der Waals surface area contributed by atoms with Crippen LogP contribution in [-0.4, -0.2) is 28.4 Å². The van der Waals surface area contributed by atoms with Crippen molar-refractivity contribution in [1.29, 1.82) is 0 Å². The molecule has 0 aromatic rings. The number of amides is 1. The van der Waals surface area contributed by atoms with Crippen LogP contribution < -0.4 is 5.43 Å². The lowest BCUT2D eigenvalue weighted by molar-refractivity contribution is -0.231. The summed E-state index contributed by atoms with van der Waals surface area (Å²) in [6.07, 6.45) is 5.25. The number of carbonyl (C=O) groups is 1. The van der Waals surface area contributed by atoms with Crippen LogP contribution in [0.5, 0.6) is 0 Å². The van der Waals surface area contributed by atoms with E-state index in [9.17, 15) is 4.79 Å². The summed E-state index contributed by atoms with van der Waals surface area (Å²) in [5.41, 5.74) is 2.39. The molecule has 6 heteroatoms. The molecule has 0 bridgehead atoms. The molecule has 0 aliphatic carbocycles. The highest BCUT2D eigenvalue weighted by Gasteiger charge is 2.14. The van der Waals surface area contributed by atoms with Gasteiger partial charge in [-0.1, -0.05) is 6.58 Å². The van der Waals surface area contributed by atoms with Crippen molar-refractivity contribution < 1.29 is 14.7 Å². The molecule has 0 saturated heterocycles. The minimum atomic E-state index is -0.411. The van der Waals surface area contributed by atoms with Crippen LogP contribution in [0.4, 0.5) is 0 Å².